The zero-order chi connectivity index (χ0) is 33.8. The standard InChI is InChI=1S/C37H50FN5O2S2/c1-4-6-8-9-10-11-12-13-14-15-21-43-36(45)33(47-37(43)46)26-31-28(3)32(27-39)35(44)42(20-7-5-2)34(31)41-24-22-40(23-25-41)30-18-16-29(38)17-19-30/h16-19,26H,4-15,20-25H2,1-3H3/b33-26+. The number of thioether (sulfide) groups is 1. The van der Waals surface area contributed by atoms with Crippen molar-refractivity contribution in [2.45, 2.75) is 104 Å². The van der Waals surface area contributed by atoms with Crippen molar-refractivity contribution in [2.75, 3.05) is 42.5 Å². The Morgan fingerprint density at radius 3 is 2.02 bits per heavy atom. The van der Waals surface area contributed by atoms with Crippen LogP contribution in [-0.4, -0.2) is 52.4 Å². The lowest BCUT2D eigenvalue weighted by atomic mass is 10.0. The number of anilines is 2. The summed E-state index contributed by atoms with van der Waals surface area (Å²) in [4.78, 5) is 34.0. The molecule has 0 spiro atoms. The average molecular weight is 680 g/mol. The molecule has 7 nitrogen and oxygen atoms in total. The van der Waals surface area contributed by atoms with Crippen molar-refractivity contribution in [3.8, 4) is 6.07 Å². The fourth-order valence-corrected chi connectivity index (χ4v) is 7.71. The molecule has 4 rings (SSSR count). The molecule has 2 fully saturated rings. The Kier molecular flexibility index (Phi) is 14.4. The molecular weight excluding hydrogens is 630 g/mol. The minimum Gasteiger partial charge on any atom is -0.368 e. The van der Waals surface area contributed by atoms with Gasteiger partial charge in [-0.25, -0.2) is 4.39 Å². The van der Waals surface area contributed by atoms with Crippen molar-refractivity contribution in [3.05, 3.63) is 62.0 Å². The van der Waals surface area contributed by atoms with Gasteiger partial charge >= 0.3 is 0 Å². The number of benzene rings is 1. The molecule has 2 aliphatic heterocycles. The van der Waals surface area contributed by atoms with Crippen LogP contribution in [0.3, 0.4) is 0 Å². The SMILES string of the molecule is CCCCCCCCCCCCN1C(=O)/C(=C\c2c(C)c(C#N)c(=O)n(CCCC)c2N2CCN(c3ccc(F)cc3)CC2)SC1=S. The normalized spacial score (nSPS) is 16.1. The number of carbonyl (C=O) groups is 1. The third-order valence-corrected chi connectivity index (χ3v) is 10.6. The van der Waals surface area contributed by atoms with Gasteiger partial charge in [0, 0.05) is 50.5 Å². The summed E-state index contributed by atoms with van der Waals surface area (Å²) in [5.74, 6) is 0.379. The molecule has 1 aromatic carbocycles. The van der Waals surface area contributed by atoms with E-state index in [0.717, 1.165) is 42.8 Å². The van der Waals surface area contributed by atoms with Crippen molar-refractivity contribution in [1.82, 2.24) is 9.47 Å². The average Bonchev–Trinajstić information content (AvgIpc) is 3.34. The lowest BCUT2D eigenvalue weighted by Gasteiger charge is -2.39. The Balaban J connectivity index is 1.52. The fourth-order valence-electron chi connectivity index (χ4n) is 6.42. The Labute approximate surface area is 289 Å². The summed E-state index contributed by atoms with van der Waals surface area (Å²) in [5.41, 5.74) is 2.09. The number of hydrogen-bond donors (Lipinski definition) is 0. The van der Waals surface area contributed by atoms with Gasteiger partial charge in [-0.3, -0.25) is 19.1 Å². The van der Waals surface area contributed by atoms with Gasteiger partial charge in [-0.2, -0.15) is 5.26 Å². The third kappa shape index (κ3) is 9.48. The Morgan fingerprint density at radius 2 is 1.43 bits per heavy atom. The number of unbranched alkanes of at least 4 members (excludes halogenated alkanes) is 10. The number of piperazine rings is 1. The summed E-state index contributed by atoms with van der Waals surface area (Å²) >= 11 is 6.98. The number of nitriles is 1. The second-order valence-corrected chi connectivity index (χ2v) is 14.3. The molecule has 0 unspecified atom stereocenters. The molecule has 0 atom stereocenters. The van der Waals surface area contributed by atoms with Gasteiger partial charge in [0.1, 0.15) is 27.6 Å². The van der Waals surface area contributed by atoms with E-state index in [1.54, 1.807) is 28.5 Å². The van der Waals surface area contributed by atoms with Gasteiger partial charge in [-0.05, 0) is 55.7 Å². The molecule has 1 amide bonds. The van der Waals surface area contributed by atoms with E-state index in [4.69, 9.17) is 12.2 Å². The van der Waals surface area contributed by atoms with Crippen LogP contribution in [0.25, 0.3) is 6.08 Å². The van der Waals surface area contributed by atoms with Crippen LogP contribution < -0.4 is 15.4 Å². The number of thiocarbonyl (C=S) groups is 1. The third-order valence-electron chi connectivity index (χ3n) is 9.24. The van der Waals surface area contributed by atoms with E-state index < -0.39 is 0 Å². The molecule has 0 radical (unpaired) electrons. The molecule has 3 heterocycles. The minimum atomic E-state index is -0.292. The van der Waals surface area contributed by atoms with Crippen LogP contribution in [-0.2, 0) is 11.3 Å². The molecule has 0 N–H and O–H groups in total. The van der Waals surface area contributed by atoms with Gasteiger partial charge in [0.2, 0.25) is 0 Å². The smallest absolute Gasteiger partial charge is 0.270 e. The molecule has 10 heteroatoms. The van der Waals surface area contributed by atoms with E-state index in [2.05, 4.69) is 29.7 Å². The second-order valence-electron chi connectivity index (χ2n) is 12.6. The molecule has 0 saturated carbocycles. The van der Waals surface area contributed by atoms with E-state index in [0.29, 0.717) is 54.1 Å². The van der Waals surface area contributed by atoms with Crippen LogP contribution >= 0.6 is 24.0 Å². The van der Waals surface area contributed by atoms with Crippen LogP contribution in [0.5, 0.6) is 0 Å². The van der Waals surface area contributed by atoms with E-state index in [1.165, 1.54) is 75.3 Å². The van der Waals surface area contributed by atoms with Gasteiger partial charge in [0.25, 0.3) is 11.5 Å². The van der Waals surface area contributed by atoms with Gasteiger partial charge in [-0.1, -0.05) is 102 Å². The summed E-state index contributed by atoms with van der Waals surface area (Å²) in [6, 6.07) is 8.67. The number of pyridine rings is 1. The molecule has 2 aromatic rings. The van der Waals surface area contributed by atoms with Gasteiger partial charge in [-0.15, -0.1) is 0 Å². The van der Waals surface area contributed by atoms with Crippen molar-refractivity contribution in [3.63, 3.8) is 0 Å². The van der Waals surface area contributed by atoms with Crippen molar-refractivity contribution >= 4 is 51.8 Å². The number of halogens is 1. The van der Waals surface area contributed by atoms with Gasteiger partial charge in [0.15, 0.2) is 0 Å². The number of rotatable bonds is 17. The predicted molar refractivity (Wildman–Crippen MR) is 198 cm³/mol. The number of nitrogens with zero attached hydrogens (tertiary/aromatic N) is 5. The zero-order valence-electron chi connectivity index (χ0n) is 28.4. The van der Waals surface area contributed by atoms with Crippen LogP contribution in [0.1, 0.15) is 108 Å². The Hall–Kier alpha value is -3.16. The lowest BCUT2D eigenvalue weighted by molar-refractivity contribution is -0.122. The first-order chi connectivity index (χ1) is 22.8. The second kappa shape index (κ2) is 18.4. The van der Waals surface area contributed by atoms with Gasteiger partial charge in [0.05, 0.1) is 4.91 Å². The molecule has 2 aliphatic rings. The van der Waals surface area contributed by atoms with Gasteiger partial charge < -0.3 is 9.80 Å². The van der Waals surface area contributed by atoms with E-state index in [9.17, 15) is 19.2 Å². The van der Waals surface area contributed by atoms with E-state index in [-0.39, 0.29) is 22.8 Å². The molecule has 2 saturated heterocycles. The topological polar surface area (TPSA) is 72.6 Å². The molecular formula is C37H50FN5O2S2. The first kappa shape index (κ1) is 36.7. The van der Waals surface area contributed by atoms with Crippen LogP contribution in [0.2, 0.25) is 0 Å². The maximum Gasteiger partial charge on any atom is 0.270 e. The fraction of sp³-hybridized carbons (Fsp3) is 0.568. The molecule has 254 valence electrons. The summed E-state index contributed by atoms with van der Waals surface area (Å²) < 4.78 is 15.8. The number of hydrogen-bond acceptors (Lipinski definition) is 7. The summed E-state index contributed by atoms with van der Waals surface area (Å²) in [6.45, 7) is 9.86. The highest BCUT2D eigenvalue weighted by molar-refractivity contribution is 8.26. The van der Waals surface area contributed by atoms with Crippen LogP contribution in [0.15, 0.2) is 34.0 Å². The first-order valence-electron chi connectivity index (χ1n) is 17.5. The maximum absolute atomic E-state index is 13.7. The summed E-state index contributed by atoms with van der Waals surface area (Å²) in [6.07, 6.45) is 15.8. The lowest BCUT2D eigenvalue weighted by Crippen LogP contribution is -2.48. The van der Waals surface area contributed by atoms with Crippen molar-refractivity contribution < 1.29 is 9.18 Å². The molecule has 0 aliphatic carbocycles. The van der Waals surface area contributed by atoms with Crippen molar-refractivity contribution in [1.29, 1.82) is 5.26 Å². The Morgan fingerprint density at radius 1 is 0.851 bits per heavy atom. The van der Waals surface area contributed by atoms with Crippen LogP contribution in [0, 0.1) is 24.1 Å². The Bertz CT molecular complexity index is 1510. The van der Waals surface area contributed by atoms with E-state index in [1.807, 2.05) is 6.08 Å². The highest BCUT2D eigenvalue weighted by Crippen LogP contribution is 2.36. The number of aromatic nitrogens is 1. The zero-order valence-corrected chi connectivity index (χ0v) is 30.0. The summed E-state index contributed by atoms with van der Waals surface area (Å²) in [5, 5.41) is 10.0. The van der Waals surface area contributed by atoms with Crippen molar-refractivity contribution in [2.24, 2.45) is 0 Å². The van der Waals surface area contributed by atoms with E-state index >= 15 is 0 Å². The number of amides is 1. The highest BCUT2D eigenvalue weighted by atomic mass is 32.2. The first-order valence-corrected chi connectivity index (χ1v) is 18.7. The van der Waals surface area contributed by atoms with Crippen LogP contribution in [0.4, 0.5) is 15.9 Å². The maximum atomic E-state index is 13.7. The minimum absolute atomic E-state index is 0.104. The molecule has 1 aromatic heterocycles. The predicted octanol–water partition coefficient (Wildman–Crippen LogP) is 8.42. The summed E-state index contributed by atoms with van der Waals surface area (Å²) in [7, 11) is 0. The monoisotopic (exact) mass is 679 g/mol. The highest BCUT2D eigenvalue weighted by Gasteiger charge is 2.33. The molecule has 0 bridgehead atoms. The quantitative estimate of drug-likeness (QED) is 0.0945. The number of carbonyl (C=O) groups excluding carboxylic acids is 1. The largest absolute Gasteiger partial charge is 0.368 e. The molecule has 47 heavy (non-hydrogen) atoms.